The molecule has 1 fully saturated rings. The van der Waals surface area contributed by atoms with E-state index >= 15 is 0 Å². The lowest BCUT2D eigenvalue weighted by molar-refractivity contribution is 0.0819. The number of amides is 1. The Morgan fingerprint density at radius 1 is 1.15 bits per heavy atom. The van der Waals surface area contributed by atoms with Gasteiger partial charge in [0.15, 0.2) is 5.69 Å². The molecule has 2 aliphatic rings. The van der Waals surface area contributed by atoms with E-state index in [9.17, 15) is 4.79 Å². The predicted octanol–water partition coefficient (Wildman–Crippen LogP) is 3.57. The number of fused-ring (bicyclic) bond motifs is 1. The maximum atomic E-state index is 12.8. The Labute approximate surface area is 199 Å². The number of benzene rings is 1. The van der Waals surface area contributed by atoms with Crippen LogP contribution in [0, 0.1) is 5.92 Å². The number of carbonyl (C=O) groups is 1. The van der Waals surface area contributed by atoms with Crippen molar-refractivity contribution in [2.75, 3.05) is 40.3 Å². The van der Waals surface area contributed by atoms with Gasteiger partial charge in [-0.3, -0.25) is 9.48 Å². The number of hydrogen-bond donors (Lipinski definition) is 1. The fourth-order valence-corrected chi connectivity index (χ4v) is 5.38. The second-order valence-electron chi connectivity index (χ2n) is 10.5. The normalized spacial score (nSPS) is 19.6. The van der Waals surface area contributed by atoms with Gasteiger partial charge in [0.2, 0.25) is 0 Å². The Morgan fingerprint density at radius 2 is 1.88 bits per heavy atom. The minimum Gasteiger partial charge on any atom is -0.343 e. The van der Waals surface area contributed by atoms with Crippen molar-refractivity contribution >= 4 is 5.91 Å². The summed E-state index contributed by atoms with van der Waals surface area (Å²) in [6.45, 7) is 9.75. The minimum atomic E-state index is 0.0238. The molecule has 33 heavy (non-hydrogen) atoms. The first-order chi connectivity index (χ1) is 15.9. The van der Waals surface area contributed by atoms with Crippen molar-refractivity contribution in [3.05, 3.63) is 52.8 Å². The molecular formula is C27H41N5O. The van der Waals surface area contributed by atoms with E-state index in [4.69, 9.17) is 5.10 Å². The summed E-state index contributed by atoms with van der Waals surface area (Å²) >= 11 is 0. The van der Waals surface area contributed by atoms with Crippen molar-refractivity contribution in [3.63, 3.8) is 0 Å². The van der Waals surface area contributed by atoms with Gasteiger partial charge in [-0.05, 0) is 62.6 Å². The number of nitrogens with one attached hydrogen (secondary N) is 1. The average molecular weight is 452 g/mol. The fraction of sp³-hybridized carbons (Fsp3) is 0.630. The highest BCUT2D eigenvalue weighted by atomic mass is 16.2. The zero-order valence-corrected chi connectivity index (χ0v) is 20.9. The van der Waals surface area contributed by atoms with Gasteiger partial charge in [0.1, 0.15) is 0 Å². The molecule has 4 rings (SSSR count). The van der Waals surface area contributed by atoms with Crippen LogP contribution in [0.2, 0.25) is 0 Å². The molecule has 1 unspecified atom stereocenters. The van der Waals surface area contributed by atoms with Crippen LogP contribution in [0.25, 0.3) is 0 Å². The lowest BCUT2D eigenvalue weighted by Gasteiger charge is -2.33. The monoisotopic (exact) mass is 451 g/mol. The molecule has 0 spiro atoms. The topological polar surface area (TPSA) is 53.4 Å². The predicted molar refractivity (Wildman–Crippen MR) is 134 cm³/mol. The summed E-state index contributed by atoms with van der Waals surface area (Å²) in [4.78, 5) is 17.0. The fourth-order valence-electron chi connectivity index (χ4n) is 5.38. The van der Waals surface area contributed by atoms with E-state index in [2.05, 4.69) is 59.1 Å². The molecule has 1 N–H and O–H groups in total. The lowest BCUT2D eigenvalue weighted by atomic mass is 9.89. The van der Waals surface area contributed by atoms with Gasteiger partial charge in [-0.2, -0.15) is 5.10 Å². The Kier molecular flexibility index (Phi) is 7.86. The summed E-state index contributed by atoms with van der Waals surface area (Å²) in [6, 6.07) is 11.4. The van der Waals surface area contributed by atoms with Crippen LogP contribution in [0.4, 0.5) is 0 Å². The van der Waals surface area contributed by atoms with Crippen molar-refractivity contribution in [1.82, 2.24) is 24.9 Å². The quantitative estimate of drug-likeness (QED) is 0.667. The highest BCUT2D eigenvalue weighted by Gasteiger charge is 2.30. The highest BCUT2D eigenvalue weighted by molar-refractivity contribution is 5.93. The van der Waals surface area contributed by atoms with E-state index in [0.29, 0.717) is 23.6 Å². The summed E-state index contributed by atoms with van der Waals surface area (Å²) in [5.41, 5.74) is 4.59. The van der Waals surface area contributed by atoms with Crippen molar-refractivity contribution in [3.8, 4) is 0 Å². The Hall–Kier alpha value is -2.18. The molecule has 6 nitrogen and oxygen atoms in total. The first-order valence-electron chi connectivity index (χ1n) is 12.7. The summed E-state index contributed by atoms with van der Waals surface area (Å²) in [5, 5.41) is 8.56. The Balaban J connectivity index is 1.29. The number of likely N-dealkylation sites (tertiary alicyclic amines) is 1. The van der Waals surface area contributed by atoms with Crippen LogP contribution in [0.3, 0.4) is 0 Å². The maximum absolute atomic E-state index is 12.8. The SMILES string of the molecule is CC(C)Cn1nc(C(=O)N(C)C)c2c1CCC(NCCN1CCC(c3ccccc3)CC1)C2. The Morgan fingerprint density at radius 3 is 2.55 bits per heavy atom. The Bertz CT molecular complexity index is 912. The first-order valence-corrected chi connectivity index (χ1v) is 12.7. The van der Waals surface area contributed by atoms with Crippen LogP contribution >= 0.6 is 0 Å². The molecule has 0 saturated carbocycles. The van der Waals surface area contributed by atoms with E-state index in [0.717, 1.165) is 38.9 Å². The second kappa shape index (κ2) is 10.8. The van der Waals surface area contributed by atoms with Crippen LogP contribution in [0.5, 0.6) is 0 Å². The maximum Gasteiger partial charge on any atom is 0.274 e. The van der Waals surface area contributed by atoms with Gasteiger partial charge in [-0.15, -0.1) is 0 Å². The largest absolute Gasteiger partial charge is 0.343 e. The van der Waals surface area contributed by atoms with Crippen LogP contribution in [-0.4, -0.2) is 71.8 Å². The summed E-state index contributed by atoms with van der Waals surface area (Å²) in [6.07, 6.45) is 5.51. The van der Waals surface area contributed by atoms with Gasteiger partial charge < -0.3 is 15.1 Å². The molecule has 180 valence electrons. The van der Waals surface area contributed by atoms with Gasteiger partial charge in [-0.25, -0.2) is 0 Å². The van der Waals surface area contributed by atoms with Gasteiger partial charge >= 0.3 is 0 Å². The first kappa shape index (κ1) is 24.0. The van der Waals surface area contributed by atoms with Crippen molar-refractivity contribution in [2.45, 2.75) is 64.5 Å². The van der Waals surface area contributed by atoms with Crippen molar-refractivity contribution in [2.24, 2.45) is 5.92 Å². The van der Waals surface area contributed by atoms with Crippen LogP contribution in [0.1, 0.15) is 66.3 Å². The third-order valence-corrected chi connectivity index (χ3v) is 7.21. The highest BCUT2D eigenvalue weighted by Crippen LogP contribution is 2.28. The molecule has 0 bridgehead atoms. The molecule has 1 saturated heterocycles. The van der Waals surface area contributed by atoms with Crippen molar-refractivity contribution in [1.29, 1.82) is 0 Å². The standard InChI is InChI=1S/C27H41N5O/c1-20(2)19-32-25-11-10-23(18-24(25)26(29-32)27(33)30(3)4)28-14-17-31-15-12-22(13-16-31)21-8-6-5-7-9-21/h5-9,20,22-23,28H,10-19H2,1-4H3. The zero-order chi connectivity index (χ0) is 23.4. The molecule has 1 aliphatic carbocycles. The molecule has 6 heteroatoms. The summed E-state index contributed by atoms with van der Waals surface area (Å²) in [7, 11) is 3.63. The minimum absolute atomic E-state index is 0.0238. The molecule has 0 radical (unpaired) electrons. The number of carbonyl (C=O) groups excluding carboxylic acids is 1. The van der Waals surface area contributed by atoms with E-state index < -0.39 is 0 Å². The molecular weight excluding hydrogens is 410 g/mol. The lowest BCUT2D eigenvalue weighted by Crippen LogP contribution is -2.42. The summed E-state index contributed by atoms with van der Waals surface area (Å²) < 4.78 is 2.10. The van der Waals surface area contributed by atoms with Crippen LogP contribution in [0.15, 0.2) is 30.3 Å². The summed E-state index contributed by atoms with van der Waals surface area (Å²) in [5.74, 6) is 1.25. The molecule has 1 aromatic heterocycles. The molecule has 1 atom stereocenters. The molecule has 2 aromatic rings. The second-order valence-corrected chi connectivity index (χ2v) is 10.5. The third-order valence-electron chi connectivity index (χ3n) is 7.21. The van der Waals surface area contributed by atoms with E-state index in [1.807, 2.05) is 14.1 Å². The number of piperidine rings is 1. The van der Waals surface area contributed by atoms with Crippen molar-refractivity contribution < 1.29 is 4.79 Å². The number of hydrogen-bond acceptors (Lipinski definition) is 4. The third kappa shape index (κ3) is 5.85. The molecule has 1 aromatic carbocycles. The van der Waals surface area contributed by atoms with E-state index in [1.54, 1.807) is 4.90 Å². The van der Waals surface area contributed by atoms with Crippen LogP contribution < -0.4 is 5.32 Å². The number of aromatic nitrogens is 2. The van der Waals surface area contributed by atoms with E-state index in [1.165, 1.54) is 42.8 Å². The molecule has 2 heterocycles. The van der Waals surface area contributed by atoms with Gasteiger partial charge in [0, 0.05) is 51.0 Å². The van der Waals surface area contributed by atoms with Gasteiger partial charge in [0.25, 0.3) is 5.91 Å². The smallest absolute Gasteiger partial charge is 0.274 e. The van der Waals surface area contributed by atoms with Crippen LogP contribution in [-0.2, 0) is 19.4 Å². The zero-order valence-electron chi connectivity index (χ0n) is 20.9. The molecule has 1 amide bonds. The van der Waals surface area contributed by atoms with Gasteiger partial charge in [0.05, 0.1) is 0 Å². The van der Waals surface area contributed by atoms with E-state index in [-0.39, 0.29) is 5.91 Å². The number of rotatable bonds is 8. The number of nitrogens with zero attached hydrogens (tertiary/aromatic N) is 4. The molecule has 1 aliphatic heterocycles. The average Bonchev–Trinajstić information content (AvgIpc) is 3.16. The van der Waals surface area contributed by atoms with Gasteiger partial charge in [-0.1, -0.05) is 44.2 Å².